The molecule has 37 heavy (non-hydrogen) atoms. The zero-order valence-electron chi connectivity index (χ0n) is 23.3. The summed E-state index contributed by atoms with van der Waals surface area (Å²) >= 11 is 0. The lowest BCUT2D eigenvalue weighted by Crippen LogP contribution is -2.21. The van der Waals surface area contributed by atoms with Crippen LogP contribution < -0.4 is 11.1 Å². The quantitative estimate of drug-likeness (QED) is 0.167. The second-order valence-corrected chi connectivity index (χ2v) is 8.91. The molecule has 0 bridgehead atoms. The highest BCUT2D eigenvalue weighted by Crippen LogP contribution is 2.40. The fourth-order valence-corrected chi connectivity index (χ4v) is 3.56. The third-order valence-corrected chi connectivity index (χ3v) is 5.76. The number of halogens is 1. The van der Waals surface area contributed by atoms with E-state index in [0.29, 0.717) is 24.1 Å². The highest BCUT2D eigenvalue weighted by Gasteiger charge is 2.26. The minimum atomic E-state index is -0.287. The van der Waals surface area contributed by atoms with Gasteiger partial charge in [-0.2, -0.15) is 4.39 Å². The van der Waals surface area contributed by atoms with Gasteiger partial charge in [-0.25, -0.2) is 4.98 Å². The molecule has 3 N–H and O–H groups in total. The highest BCUT2D eigenvalue weighted by molar-refractivity contribution is 5.87. The van der Waals surface area contributed by atoms with Gasteiger partial charge in [0.05, 0.1) is 0 Å². The number of nitrogens with two attached hydrogens (primary N) is 1. The minimum Gasteiger partial charge on any atom is -0.402 e. The third-order valence-electron chi connectivity index (χ3n) is 5.76. The van der Waals surface area contributed by atoms with E-state index < -0.39 is 0 Å². The zero-order chi connectivity index (χ0) is 28.1. The van der Waals surface area contributed by atoms with E-state index in [2.05, 4.69) is 60.1 Å². The summed E-state index contributed by atoms with van der Waals surface area (Å²) in [7, 11) is 5.81. The molecular formula is C31H48FN5. The molecule has 0 aromatic carbocycles. The van der Waals surface area contributed by atoms with E-state index in [4.69, 9.17) is 5.73 Å². The first-order chi connectivity index (χ1) is 17.8. The number of aromatic nitrogens is 1. The molecule has 1 atom stereocenters. The molecule has 1 saturated carbocycles. The van der Waals surface area contributed by atoms with Crippen LogP contribution in [0.5, 0.6) is 0 Å². The monoisotopic (exact) mass is 509 g/mol. The maximum Gasteiger partial charge on any atom is 0.216 e. The van der Waals surface area contributed by atoms with Gasteiger partial charge in [-0.3, -0.25) is 9.89 Å². The van der Waals surface area contributed by atoms with Crippen molar-refractivity contribution in [3.05, 3.63) is 104 Å². The van der Waals surface area contributed by atoms with Crippen LogP contribution in [-0.4, -0.2) is 55.9 Å². The summed E-state index contributed by atoms with van der Waals surface area (Å²) in [5.74, 6) is 0.179. The van der Waals surface area contributed by atoms with Gasteiger partial charge in [0.1, 0.15) is 0 Å². The molecule has 2 fully saturated rings. The number of likely N-dealkylation sites (tertiary alicyclic amines) is 1. The SMILES string of the molecule is C=C/C=C(\C=C)CNC.C=CC1CCCN1C.C=CCC(CC(=C)N)=NC.Fc1ncccc1C1CC1. The smallest absolute Gasteiger partial charge is 0.216 e. The zero-order valence-corrected chi connectivity index (χ0v) is 23.3. The highest BCUT2D eigenvalue weighted by atomic mass is 19.1. The summed E-state index contributed by atoms with van der Waals surface area (Å²) < 4.78 is 12.8. The number of aliphatic imine (C=N–C) groups is 1. The summed E-state index contributed by atoms with van der Waals surface area (Å²) in [6, 6.07) is 4.27. The van der Waals surface area contributed by atoms with Gasteiger partial charge in [0.15, 0.2) is 0 Å². The molecular weight excluding hydrogens is 461 g/mol. The van der Waals surface area contributed by atoms with Gasteiger partial charge in [0, 0.05) is 55.6 Å². The second kappa shape index (κ2) is 21.0. The number of hydrogen-bond acceptors (Lipinski definition) is 5. The lowest BCUT2D eigenvalue weighted by molar-refractivity contribution is 0.357. The third kappa shape index (κ3) is 16.3. The van der Waals surface area contributed by atoms with Crippen molar-refractivity contribution >= 4 is 5.71 Å². The van der Waals surface area contributed by atoms with Crippen LogP contribution in [0.3, 0.4) is 0 Å². The first-order valence-corrected chi connectivity index (χ1v) is 12.8. The number of pyridine rings is 1. The van der Waals surface area contributed by atoms with E-state index in [-0.39, 0.29) is 5.95 Å². The Bertz CT molecular complexity index is 899. The van der Waals surface area contributed by atoms with Crippen molar-refractivity contribution in [3.63, 3.8) is 0 Å². The van der Waals surface area contributed by atoms with Crippen LogP contribution in [0.4, 0.5) is 4.39 Å². The molecule has 1 aromatic heterocycles. The average molecular weight is 510 g/mol. The standard InChI is InChI=1S/C8H8FN.C8H14N2.C8H13N.C7H13N/c9-8-7(6-3-4-6)2-1-5-10-8;1-4-5-8(10-3)6-7(2)9;1-4-6-8(5-2)7-9-3;1-3-7-5-4-6-8(7)2/h1-2,5-6H,3-4H2;4H,1-2,5-6,9H2,3H3;4-6,9H,1-2,7H2,3H3;3,7H,1,4-6H2,2H3/b;;8-6+;. The molecule has 1 aliphatic heterocycles. The van der Waals surface area contributed by atoms with Crippen LogP contribution in [0.1, 0.15) is 50.0 Å². The average Bonchev–Trinajstić information content (AvgIpc) is 3.64. The van der Waals surface area contributed by atoms with E-state index in [1.54, 1.807) is 19.2 Å². The minimum absolute atomic E-state index is 0.287. The van der Waals surface area contributed by atoms with Crippen LogP contribution in [-0.2, 0) is 0 Å². The van der Waals surface area contributed by atoms with Crippen molar-refractivity contribution in [2.24, 2.45) is 10.7 Å². The van der Waals surface area contributed by atoms with E-state index in [1.807, 2.05) is 37.4 Å². The molecule has 0 amide bonds. The maximum atomic E-state index is 12.8. The first-order valence-electron chi connectivity index (χ1n) is 12.8. The van der Waals surface area contributed by atoms with Crippen molar-refractivity contribution in [1.82, 2.24) is 15.2 Å². The number of nitrogens with zero attached hydrogens (tertiary/aromatic N) is 3. The Morgan fingerprint density at radius 2 is 1.97 bits per heavy atom. The molecule has 1 aromatic rings. The molecule has 5 nitrogen and oxygen atoms in total. The van der Waals surface area contributed by atoms with Gasteiger partial charge >= 0.3 is 0 Å². The van der Waals surface area contributed by atoms with Gasteiger partial charge in [-0.1, -0.05) is 56.2 Å². The molecule has 1 aliphatic carbocycles. The summed E-state index contributed by atoms with van der Waals surface area (Å²) in [6.45, 7) is 20.3. The maximum absolute atomic E-state index is 12.8. The fraction of sp³-hybridized carbons (Fsp3) is 0.419. The predicted molar refractivity (Wildman–Crippen MR) is 161 cm³/mol. The van der Waals surface area contributed by atoms with Crippen molar-refractivity contribution in [2.75, 3.05) is 34.2 Å². The lowest BCUT2D eigenvalue weighted by atomic mass is 10.2. The van der Waals surface area contributed by atoms with Crippen molar-refractivity contribution in [1.29, 1.82) is 0 Å². The fourth-order valence-electron chi connectivity index (χ4n) is 3.56. The van der Waals surface area contributed by atoms with E-state index in [9.17, 15) is 4.39 Å². The Hall–Kier alpha value is -3.09. The second-order valence-electron chi connectivity index (χ2n) is 8.91. The van der Waals surface area contributed by atoms with Crippen LogP contribution in [0, 0.1) is 5.95 Å². The topological polar surface area (TPSA) is 66.5 Å². The summed E-state index contributed by atoms with van der Waals surface area (Å²) in [4.78, 5) is 9.94. The Balaban J connectivity index is 0.000000469. The Kier molecular flexibility index (Phi) is 19.3. The number of likely N-dealkylation sites (N-methyl/N-ethyl adjacent to an activating group) is 2. The summed E-state index contributed by atoms with van der Waals surface area (Å²) in [6.07, 6.45) is 17.2. The van der Waals surface area contributed by atoms with Crippen LogP contribution in [0.2, 0.25) is 0 Å². The van der Waals surface area contributed by atoms with Gasteiger partial charge in [-0.15, -0.1) is 13.2 Å². The first kappa shape index (κ1) is 33.9. The number of allylic oxidation sites excluding steroid dienone is 4. The lowest BCUT2D eigenvalue weighted by Gasteiger charge is -2.13. The molecule has 1 unspecified atom stereocenters. The molecule has 204 valence electrons. The van der Waals surface area contributed by atoms with Crippen LogP contribution in [0.15, 0.2) is 97.9 Å². The number of nitrogens with one attached hydrogen (secondary N) is 1. The molecule has 0 radical (unpaired) electrons. The van der Waals surface area contributed by atoms with Crippen molar-refractivity contribution < 1.29 is 4.39 Å². The molecule has 2 heterocycles. The van der Waals surface area contributed by atoms with Gasteiger partial charge in [0.2, 0.25) is 5.95 Å². The van der Waals surface area contributed by atoms with Crippen LogP contribution in [0.25, 0.3) is 0 Å². The van der Waals surface area contributed by atoms with Crippen LogP contribution >= 0.6 is 0 Å². The predicted octanol–water partition coefficient (Wildman–Crippen LogP) is 6.36. The number of hydrogen-bond donors (Lipinski definition) is 2. The molecule has 6 heteroatoms. The van der Waals surface area contributed by atoms with E-state index in [1.165, 1.54) is 25.6 Å². The Morgan fingerprint density at radius 3 is 2.35 bits per heavy atom. The van der Waals surface area contributed by atoms with E-state index in [0.717, 1.165) is 42.7 Å². The van der Waals surface area contributed by atoms with Crippen molar-refractivity contribution in [2.45, 2.75) is 50.5 Å². The molecule has 1 saturated heterocycles. The van der Waals surface area contributed by atoms with E-state index >= 15 is 0 Å². The van der Waals surface area contributed by atoms with Gasteiger partial charge in [-0.05, 0) is 63.9 Å². The van der Waals surface area contributed by atoms with Gasteiger partial charge < -0.3 is 11.1 Å². The Morgan fingerprint density at radius 1 is 1.27 bits per heavy atom. The normalized spacial score (nSPS) is 17.0. The van der Waals surface area contributed by atoms with Gasteiger partial charge in [0.25, 0.3) is 0 Å². The molecule has 3 rings (SSSR count). The summed E-state index contributed by atoms with van der Waals surface area (Å²) in [5, 5.41) is 3.02. The molecule has 0 spiro atoms. The molecule has 2 aliphatic rings. The number of rotatable bonds is 10. The summed E-state index contributed by atoms with van der Waals surface area (Å²) in [5.41, 5.74) is 9.03. The van der Waals surface area contributed by atoms with Crippen molar-refractivity contribution in [3.8, 4) is 0 Å². The largest absolute Gasteiger partial charge is 0.402 e. The Labute approximate surface area is 225 Å².